The number of nitro benzene ring substituents is 1. The standard InChI is InChI=1S/C12H18N2O2/c1-3-12(13)9(2)8-10-4-6-11(7-5-10)14(15)16/h4-7,9,12H,3,8,13H2,1-2H3. The minimum Gasteiger partial charge on any atom is -0.327 e. The zero-order valence-corrected chi connectivity index (χ0v) is 9.72. The van der Waals surface area contributed by atoms with E-state index in [-0.39, 0.29) is 16.7 Å². The van der Waals surface area contributed by atoms with E-state index < -0.39 is 0 Å². The molecule has 1 aromatic carbocycles. The van der Waals surface area contributed by atoms with Crippen LogP contribution in [0.25, 0.3) is 0 Å². The van der Waals surface area contributed by atoms with Gasteiger partial charge in [0.15, 0.2) is 0 Å². The third kappa shape index (κ3) is 3.31. The summed E-state index contributed by atoms with van der Waals surface area (Å²) in [5, 5.41) is 10.5. The molecule has 0 bridgehead atoms. The lowest BCUT2D eigenvalue weighted by molar-refractivity contribution is -0.384. The molecule has 0 aliphatic rings. The number of nitrogens with two attached hydrogens (primary N) is 1. The number of hydrogen-bond donors (Lipinski definition) is 1. The third-order valence-electron chi connectivity index (χ3n) is 2.91. The molecule has 0 aromatic heterocycles. The molecule has 0 spiro atoms. The second-order valence-electron chi connectivity index (χ2n) is 4.18. The van der Waals surface area contributed by atoms with Crippen LogP contribution in [0.4, 0.5) is 5.69 Å². The summed E-state index contributed by atoms with van der Waals surface area (Å²) in [6.07, 6.45) is 1.82. The van der Waals surface area contributed by atoms with Crippen molar-refractivity contribution >= 4 is 5.69 Å². The third-order valence-corrected chi connectivity index (χ3v) is 2.91. The van der Waals surface area contributed by atoms with Gasteiger partial charge in [-0.25, -0.2) is 0 Å². The lowest BCUT2D eigenvalue weighted by Gasteiger charge is -2.17. The molecule has 0 aliphatic carbocycles. The molecule has 1 aromatic rings. The van der Waals surface area contributed by atoms with E-state index in [2.05, 4.69) is 13.8 Å². The molecule has 2 N–H and O–H groups in total. The lowest BCUT2D eigenvalue weighted by Crippen LogP contribution is -2.28. The molecule has 0 saturated carbocycles. The van der Waals surface area contributed by atoms with Gasteiger partial charge in [0.1, 0.15) is 0 Å². The normalized spacial score (nSPS) is 14.4. The van der Waals surface area contributed by atoms with E-state index in [1.165, 1.54) is 0 Å². The monoisotopic (exact) mass is 222 g/mol. The van der Waals surface area contributed by atoms with Crippen LogP contribution in [0, 0.1) is 16.0 Å². The highest BCUT2D eigenvalue weighted by atomic mass is 16.6. The van der Waals surface area contributed by atoms with Gasteiger partial charge in [0.25, 0.3) is 5.69 Å². The van der Waals surface area contributed by atoms with Crippen LogP contribution >= 0.6 is 0 Å². The topological polar surface area (TPSA) is 69.2 Å². The molecule has 0 amide bonds. The van der Waals surface area contributed by atoms with Crippen LogP contribution < -0.4 is 5.73 Å². The Labute approximate surface area is 95.6 Å². The number of rotatable bonds is 5. The first-order valence-electron chi connectivity index (χ1n) is 5.53. The van der Waals surface area contributed by atoms with Gasteiger partial charge in [0.05, 0.1) is 4.92 Å². The van der Waals surface area contributed by atoms with Crippen molar-refractivity contribution in [2.24, 2.45) is 11.7 Å². The summed E-state index contributed by atoms with van der Waals surface area (Å²) in [6, 6.07) is 6.88. The second kappa shape index (κ2) is 5.61. The van der Waals surface area contributed by atoms with Crippen LogP contribution in [-0.4, -0.2) is 11.0 Å². The lowest BCUT2D eigenvalue weighted by atomic mass is 9.93. The Kier molecular flexibility index (Phi) is 4.43. The van der Waals surface area contributed by atoms with Crippen LogP contribution in [0.3, 0.4) is 0 Å². The van der Waals surface area contributed by atoms with Crippen LogP contribution in [0.5, 0.6) is 0 Å². The largest absolute Gasteiger partial charge is 0.327 e. The van der Waals surface area contributed by atoms with Crippen molar-refractivity contribution in [2.75, 3.05) is 0 Å². The summed E-state index contributed by atoms with van der Waals surface area (Å²) >= 11 is 0. The van der Waals surface area contributed by atoms with Gasteiger partial charge in [0.2, 0.25) is 0 Å². The van der Waals surface area contributed by atoms with E-state index >= 15 is 0 Å². The van der Waals surface area contributed by atoms with Crippen molar-refractivity contribution in [1.82, 2.24) is 0 Å². The highest BCUT2D eigenvalue weighted by Gasteiger charge is 2.12. The number of hydrogen-bond acceptors (Lipinski definition) is 3. The second-order valence-corrected chi connectivity index (χ2v) is 4.18. The number of nitrogens with zero attached hydrogens (tertiary/aromatic N) is 1. The molecule has 0 aliphatic heterocycles. The summed E-state index contributed by atoms with van der Waals surface area (Å²) in [4.78, 5) is 10.1. The molecule has 16 heavy (non-hydrogen) atoms. The highest BCUT2D eigenvalue weighted by Crippen LogP contribution is 2.16. The van der Waals surface area contributed by atoms with Crippen molar-refractivity contribution in [3.63, 3.8) is 0 Å². The minimum atomic E-state index is -0.384. The van der Waals surface area contributed by atoms with Crippen molar-refractivity contribution < 1.29 is 4.92 Å². The summed E-state index contributed by atoms with van der Waals surface area (Å²) in [6.45, 7) is 4.17. The molecule has 0 radical (unpaired) electrons. The Morgan fingerprint density at radius 2 is 1.94 bits per heavy atom. The van der Waals surface area contributed by atoms with E-state index in [0.29, 0.717) is 5.92 Å². The number of nitro groups is 1. The van der Waals surface area contributed by atoms with Crippen LogP contribution in [0.2, 0.25) is 0 Å². The van der Waals surface area contributed by atoms with Crippen molar-refractivity contribution in [2.45, 2.75) is 32.7 Å². The van der Waals surface area contributed by atoms with Gasteiger partial charge >= 0.3 is 0 Å². The van der Waals surface area contributed by atoms with E-state index in [1.54, 1.807) is 24.3 Å². The minimum absolute atomic E-state index is 0.135. The molecule has 0 fully saturated rings. The Morgan fingerprint density at radius 3 is 2.38 bits per heavy atom. The van der Waals surface area contributed by atoms with Gasteiger partial charge in [0, 0.05) is 18.2 Å². The van der Waals surface area contributed by atoms with Gasteiger partial charge < -0.3 is 5.73 Å². The number of benzene rings is 1. The maximum atomic E-state index is 10.5. The summed E-state index contributed by atoms with van der Waals surface area (Å²) in [5.74, 6) is 0.395. The SMILES string of the molecule is CCC(N)C(C)Cc1ccc([N+](=O)[O-])cc1. The number of non-ortho nitro benzene ring substituents is 1. The average Bonchev–Trinajstić information content (AvgIpc) is 2.28. The van der Waals surface area contributed by atoms with Gasteiger partial charge in [-0.05, 0) is 24.3 Å². The fourth-order valence-corrected chi connectivity index (χ4v) is 1.68. The van der Waals surface area contributed by atoms with Gasteiger partial charge in [-0.15, -0.1) is 0 Å². The molecule has 0 heterocycles. The van der Waals surface area contributed by atoms with Gasteiger partial charge in [-0.1, -0.05) is 26.0 Å². The van der Waals surface area contributed by atoms with Crippen LogP contribution in [0.1, 0.15) is 25.8 Å². The van der Waals surface area contributed by atoms with Gasteiger partial charge in [-0.2, -0.15) is 0 Å². The maximum absolute atomic E-state index is 10.5. The Hall–Kier alpha value is -1.42. The molecular weight excluding hydrogens is 204 g/mol. The fraction of sp³-hybridized carbons (Fsp3) is 0.500. The molecule has 0 saturated heterocycles. The van der Waals surface area contributed by atoms with Crippen molar-refractivity contribution in [1.29, 1.82) is 0 Å². The first kappa shape index (κ1) is 12.6. The van der Waals surface area contributed by atoms with Crippen molar-refractivity contribution in [3.05, 3.63) is 39.9 Å². The molecule has 88 valence electrons. The summed E-state index contributed by atoms with van der Waals surface area (Å²) in [5.41, 5.74) is 7.17. The summed E-state index contributed by atoms with van der Waals surface area (Å²) < 4.78 is 0. The summed E-state index contributed by atoms with van der Waals surface area (Å²) in [7, 11) is 0. The predicted molar refractivity (Wildman–Crippen MR) is 64.2 cm³/mol. The van der Waals surface area contributed by atoms with Crippen molar-refractivity contribution in [3.8, 4) is 0 Å². The van der Waals surface area contributed by atoms with E-state index in [0.717, 1.165) is 18.4 Å². The molecule has 4 nitrogen and oxygen atoms in total. The maximum Gasteiger partial charge on any atom is 0.269 e. The first-order chi connectivity index (χ1) is 7.54. The first-order valence-corrected chi connectivity index (χ1v) is 5.53. The highest BCUT2D eigenvalue weighted by molar-refractivity contribution is 5.33. The Morgan fingerprint density at radius 1 is 1.38 bits per heavy atom. The van der Waals surface area contributed by atoms with Gasteiger partial charge in [-0.3, -0.25) is 10.1 Å². The van der Waals surface area contributed by atoms with E-state index in [9.17, 15) is 10.1 Å². The van der Waals surface area contributed by atoms with E-state index in [4.69, 9.17) is 5.73 Å². The Balaban J connectivity index is 2.65. The molecule has 2 unspecified atom stereocenters. The predicted octanol–water partition coefficient (Wildman–Crippen LogP) is 2.51. The molecule has 2 atom stereocenters. The Bertz CT molecular complexity index is 349. The quantitative estimate of drug-likeness (QED) is 0.614. The fourth-order valence-electron chi connectivity index (χ4n) is 1.68. The van der Waals surface area contributed by atoms with E-state index in [1.807, 2.05) is 0 Å². The smallest absolute Gasteiger partial charge is 0.269 e. The van der Waals surface area contributed by atoms with Crippen LogP contribution in [-0.2, 0) is 6.42 Å². The zero-order valence-electron chi connectivity index (χ0n) is 9.72. The molecule has 4 heteroatoms. The average molecular weight is 222 g/mol. The van der Waals surface area contributed by atoms with Crippen LogP contribution in [0.15, 0.2) is 24.3 Å². The molecular formula is C12H18N2O2. The molecule has 1 rings (SSSR count). The zero-order chi connectivity index (χ0) is 12.1.